The van der Waals surface area contributed by atoms with Gasteiger partial charge in [-0.05, 0) is 61.2 Å². The van der Waals surface area contributed by atoms with Gasteiger partial charge in [0.05, 0.1) is 22.7 Å². The molecule has 0 atom stereocenters. The highest BCUT2D eigenvalue weighted by Crippen LogP contribution is 2.38. The molecule has 1 amide bonds. The van der Waals surface area contributed by atoms with Crippen LogP contribution in [0.3, 0.4) is 0 Å². The van der Waals surface area contributed by atoms with E-state index < -0.39 is 15.8 Å². The van der Waals surface area contributed by atoms with Crippen LogP contribution in [0.25, 0.3) is 11.3 Å². The molecule has 1 aromatic heterocycles. The van der Waals surface area contributed by atoms with E-state index in [1.54, 1.807) is 43.3 Å². The molecule has 0 saturated heterocycles. The van der Waals surface area contributed by atoms with E-state index in [1.807, 2.05) is 31.2 Å². The standard InChI is InChI=1S/C27H24FN3O3S2/c1-17-7-3-6-10-24(17)36(33,34)31-14-13-20-15-21(11-12-23(20)31)26-18(2)35-27(30-26)29-25(32)16-19-8-4-5-9-22(19)28/h3-12,15H,13-14,16H2,1-2H3,(H,29,30,32). The summed E-state index contributed by atoms with van der Waals surface area (Å²) >= 11 is 1.35. The average molecular weight is 522 g/mol. The second-order valence-electron chi connectivity index (χ2n) is 8.68. The Kier molecular flexibility index (Phi) is 6.36. The maximum absolute atomic E-state index is 13.9. The minimum atomic E-state index is -3.66. The lowest BCUT2D eigenvalue weighted by Crippen LogP contribution is -2.29. The zero-order valence-electron chi connectivity index (χ0n) is 19.8. The van der Waals surface area contributed by atoms with E-state index in [2.05, 4.69) is 10.3 Å². The number of rotatable bonds is 6. The first kappa shape index (κ1) is 24.1. The van der Waals surface area contributed by atoms with E-state index in [-0.39, 0.29) is 12.3 Å². The van der Waals surface area contributed by atoms with Gasteiger partial charge in [-0.1, -0.05) is 42.5 Å². The van der Waals surface area contributed by atoms with Gasteiger partial charge in [0.1, 0.15) is 5.82 Å². The Morgan fingerprint density at radius 2 is 1.83 bits per heavy atom. The van der Waals surface area contributed by atoms with Gasteiger partial charge in [-0.3, -0.25) is 9.10 Å². The molecule has 2 heterocycles. The molecule has 0 aliphatic carbocycles. The summed E-state index contributed by atoms with van der Waals surface area (Å²) in [6.07, 6.45) is 0.522. The number of sulfonamides is 1. The number of halogens is 1. The molecule has 36 heavy (non-hydrogen) atoms. The summed E-state index contributed by atoms with van der Waals surface area (Å²) in [6, 6.07) is 18.8. The molecular weight excluding hydrogens is 497 g/mol. The quantitative estimate of drug-likeness (QED) is 0.364. The van der Waals surface area contributed by atoms with Crippen LogP contribution >= 0.6 is 11.3 Å². The van der Waals surface area contributed by atoms with Crippen molar-refractivity contribution < 1.29 is 17.6 Å². The van der Waals surface area contributed by atoms with Gasteiger partial charge in [0, 0.05) is 17.0 Å². The maximum atomic E-state index is 13.9. The molecule has 0 saturated carbocycles. The van der Waals surface area contributed by atoms with E-state index in [0.29, 0.717) is 39.8 Å². The van der Waals surface area contributed by atoms with Crippen molar-refractivity contribution in [3.8, 4) is 11.3 Å². The van der Waals surface area contributed by atoms with Crippen molar-refractivity contribution in [1.29, 1.82) is 0 Å². The Balaban J connectivity index is 1.37. The Bertz CT molecular complexity index is 1580. The number of nitrogens with one attached hydrogen (secondary N) is 1. The molecule has 1 aliphatic heterocycles. The summed E-state index contributed by atoms with van der Waals surface area (Å²) in [7, 11) is -3.66. The highest BCUT2D eigenvalue weighted by Gasteiger charge is 2.32. The van der Waals surface area contributed by atoms with Gasteiger partial charge in [0.15, 0.2) is 5.13 Å². The summed E-state index contributed by atoms with van der Waals surface area (Å²) in [4.78, 5) is 18.3. The molecule has 4 aromatic rings. The summed E-state index contributed by atoms with van der Waals surface area (Å²) in [5.41, 5.74) is 4.23. The number of aromatic nitrogens is 1. The smallest absolute Gasteiger partial charge is 0.264 e. The lowest BCUT2D eigenvalue weighted by Gasteiger charge is -2.21. The van der Waals surface area contributed by atoms with E-state index >= 15 is 0 Å². The van der Waals surface area contributed by atoms with Crippen molar-refractivity contribution in [3.63, 3.8) is 0 Å². The predicted molar refractivity (Wildman–Crippen MR) is 140 cm³/mol. The van der Waals surface area contributed by atoms with Gasteiger partial charge in [-0.25, -0.2) is 17.8 Å². The molecule has 0 radical (unpaired) electrons. The van der Waals surface area contributed by atoms with Crippen LogP contribution in [0.2, 0.25) is 0 Å². The molecule has 5 rings (SSSR count). The Labute approximate surface area is 213 Å². The fourth-order valence-electron chi connectivity index (χ4n) is 4.43. The van der Waals surface area contributed by atoms with Gasteiger partial charge in [-0.2, -0.15) is 0 Å². The van der Waals surface area contributed by atoms with Crippen LogP contribution in [0.1, 0.15) is 21.6 Å². The summed E-state index contributed by atoms with van der Waals surface area (Å²) in [5.74, 6) is -0.758. The Morgan fingerprint density at radius 3 is 2.61 bits per heavy atom. The molecule has 0 unspecified atom stereocenters. The lowest BCUT2D eigenvalue weighted by molar-refractivity contribution is -0.115. The number of benzene rings is 3. The van der Waals surface area contributed by atoms with Crippen LogP contribution in [0.4, 0.5) is 15.2 Å². The first-order valence-electron chi connectivity index (χ1n) is 11.5. The van der Waals surface area contributed by atoms with Crippen molar-refractivity contribution in [3.05, 3.63) is 94.1 Å². The number of hydrogen-bond acceptors (Lipinski definition) is 5. The van der Waals surface area contributed by atoms with Crippen molar-refractivity contribution in [2.75, 3.05) is 16.2 Å². The molecular formula is C27H24FN3O3S2. The van der Waals surface area contributed by atoms with Crippen LogP contribution in [-0.2, 0) is 27.7 Å². The number of carbonyl (C=O) groups is 1. The largest absolute Gasteiger partial charge is 0.302 e. The third-order valence-corrected chi connectivity index (χ3v) is 9.08. The number of hydrogen-bond donors (Lipinski definition) is 1. The number of carbonyl (C=O) groups excluding carboxylic acids is 1. The van der Waals surface area contributed by atoms with Crippen molar-refractivity contribution in [2.45, 2.75) is 31.6 Å². The topological polar surface area (TPSA) is 79.4 Å². The van der Waals surface area contributed by atoms with Crippen LogP contribution in [0, 0.1) is 19.7 Å². The third kappa shape index (κ3) is 4.52. The highest BCUT2D eigenvalue weighted by molar-refractivity contribution is 7.93. The predicted octanol–water partition coefficient (Wildman–Crippen LogP) is 5.50. The molecule has 0 fully saturated rings. The number of anilines is 2. The molecule has 3 aromatic carbocycles. The Hall–Kier alpha value is -3.56. The van der Waals surface area contributed by atoms with E-state index in [0.717, 1.165) is 21.7 Å². The molecule has 0 spiro atoms. The molecule has 184 valence electrons. The summed E-state index contributed by atoms with van der Waals surface area (Å²) in [6.45, 7) is 4.09. The highest BCUT2D eigenvalue weighted by atomic mass is 32.2. The average Bonchev–Trinajstić information content (AvgIpc) is 3.43. The number of thiazole rings is 1. The zero-order chi connectivity index (χ0) is 25.4. The molecule has 6 nitrogen and oxygen atoms in total. The molecule has 1 N–H and O–H groups in total. The van der Waals surface area contributed by atoms with Gasteiger partial charge in [0.25, 0.3) is 10.0 Å². The normalized spacial score (nSPS) is 13.0. The number of nitrogens with zero attached hydrogens (tertiary/aromatic N) is 2. The fraction of sp³-hybridized carbons (Fsp3) is 0.185. The number of amides is 1. The van der Waals surface area contributed by atoms with Crippen LogP contribution in [-0.4, -0.2) is 25.9 Å². The summed E-state index contributed by atoms with van der Waals surface area (Å²) < 4.78 is 42.0. The van der Waals surface area contributed by atoms with Gasteiger partial charge < -0.3 is 5.32 Å². The first-order chi connectivity index (χ1) is 17.2. The maximum Gasteiger partial charge on any atom is 0.264 e. The van der Waals surface area contributed by atoms with E-state index in [9.17, 15) is 17.6 Å². The molecule has 0 bridgehead atoms. The van der Waals surface area contributed by atoms with E-state index in [1.165, 1.54) is 21.7 Å². The number of aryl methyl sites for hydroxylation is 2. The Morgan fingerprint density at radius 1 is 1.08 bits per heavy atom. The SMILES string of the molecule is Cc1ccccc1S(=O)(=O)N1CCc2cc(-c3nc(NC(=O)Cc4ccccc4F)sc3C)ccc21. The van der Waals surface area contributed by atoms with Gasteiger partial charge in [-0.15, -0.1) is 11.3 Å². The third-order valence-electron chi connectivity index (χ3n) is 6.22. The van der Waals surface area contributed by atoms with Crippen LogP contribution in [0.15, 0.2) is 71.6 Å². The van der Waals surface area contributed by atoms with E-state index in [4.69, 9.17) is 0 Å². The fourth-order valence-corrected chi connectivity index (χ4v) is 7.01. The number of fused-ring (bicyclic) bond motifs is 1. The second-order valence-corrected chi connectivity index (χ2v) is 11.7. The van der Waals surface area contributed by atoms with Crippen molar-refractivity contribution in [2.24, 2.45) is 0 Å². The van der Waals surface area contributed by atoms with Gasteiger partial charge >= 0.3 is 0 Å². The lowest BCUT2D eigenvalue weighted by atomic mass is 10.1. The summed E-state index contributed by atoms with van der Waals surface area (Å²) in [5, 5.41) is 3.20. The van der Waals surface area contributed by atoms with Crippen molar-refractivity contribution >= 4 is 38.1 Å². The molecule has 1 aliphatic rings. The monoisotopic (exact) mass is 521 g/mol. The zero-order valence-corrected chi connectivity index (χ0v) is 21.4. The van der Waals surface area contributed by atoms with Crippen molar-refractivity contribution in [1.82, 2.24) is 4.98 Å². The first-order valence-corrected chi connectivity index (χ1v) is 13.7. The molecule has 9 heteroatoms. The van der Waals surface area contributed by atoms with Crippen LogP contribution < -0.4 is 9.62 Å². The second kappa shape index (κ2) is 9.48. The van der Waals surface area contributed by atoms with Crippen LogP contribution in [0.5, 0.6) is 0 Å². The van der Waals surface area contributed by atoms with Gasteiger partial charge in [0.2, 0.25) is 5.91 Å². The minimum absolute atomic E-state index is 0.0787. The minimum Gasteiger partial charge on any atom is -0.302 e.